The third-order valence-electron chi connectivity index (χ3n) is 3.12. The molecular weight excluding hydrogens is 314 g/mol. The number of carbonyl (C=O) groups is 2. The molecule has 0 saturated carbocycles. The van der Waals surface area contributed by atoms with E-state index in [1.54, 1.807) is 18.3 Å². The van der Waals surface area contributed by atoms with Gasteiger partial charge in [0.05, 0.1) is 5.56 Å². The number of carbonyl (C=O) groups excluding carboxylic acids is 1. The summed E-state index contributed by atoms with van der Waals surface area (Å²) in [5.74, 6) is -0.972. The Balaban J connectivity index is 1.87. The summed E-state index contributed by atoms with van der Waals surface area (Å²) in [5.41, 5.74) is 1.04. The normalized spacial score (nSPS) is 11.1. The van der Waals surface area contributed by atoms with Crippen LogP contribution in [-0.2, 0) is 12.0 Å². The molecule has 0 aliphatic heterocycles. The van der Waals surface area contributed by atoms with E-state index in [4.69, 9.17) is 5.11 Å². The summed E-state index contributed by atoms with van der Waals surface area (Å²) < 4.78 is 0. The number of amides is 2. The van der Waals surface area contributed by atoms with Gasteiger partial charge in [0.2, 0.25) is 0 Å². The molecule has 23 heavy (non-hydrogen) atoms. The number of nitrogens with zero attached hydrogens (tertiary/aromatic N) is 1. The molecule has 0 aliphatic rings. The van der Waals surface area contributed by atoms with Gasteiger partial charge in [-0.1, -0.05) is 32.9 Å². The molecule has 0 bridgehead atoms. The van der Waals surface area contributed by atoms with Crippen LogP contribution in [0.25, 0.3) is 0 Å². The molecular formula is C16H19N3O3S. The van der Waals surface area contributed by atoms with Crippen LogP contribution in [0.1, 0.15) is 41.6 Å². The van der Waals surface area contributed by atoms with Crippen LogP contribution in [-0.4, -0.2) is 22.1 Å². The highest BCUT2D eigenvalue weighted by Gasteiger charge is 2.17. The van der Waals surface area contributed by atoms with Crippen LogP contribution in [0.3, 0.4) is 0 Å². The van der Waals surface area contributed by atoms with E-state index in [2.05, 4.69) is 36.4 Å². The first kappa shape index (κ1) is 17.0. The van der Waals surface area contributed by atoms with E-state index >= 15 is 0 Å². The first-order chi connectivity index (χ1) is 10.8. The van der Waals surface area contributed by atoms with E-state index in [-0.39, 0.29) is 17.0 Å². The molecule has 2 rings (SSSR count). The minimum atomic E-state index is -0.972. The molecule has 0 fully saturated rings. The fourth-order valence-electron chi connectivity index (χ4n) is 1.77. The second-order valence-corrected chi connectivity index (χ2v) is 7.12. The molecule has 2 aromatic rings. The van der Waals surface area contributed by atoms with E-state index in [0.29, 0.717) is 11.7 Å². The number of aromatic nitrogens is 1. The van der Waals surface area contributed by atoms with Crippen LogP contribution in [0.5, 0.6) is 0 Å². The second kappa shape index (κ2) is 6.78. The van der Waals surface area contributed by atoms with Crippen molar-refractivity contribution in [1.29, 1.82) is 0 Å². The second-order valence-electron chi connectivity index (χ2n) is 6.09. The van der Waals surface area contributed by atoms with Gasteiger partial charge in [0.1, 0.15) is 0 Å². The summed E-state index contributed by atoms with van der Waals surface area (Å²) in [6, 6.07) is 6.01. The SMILES string of the molecule is CC(C)(C)c1cnc(NC(=O)NCc2ccc(C(=O)O)cc2)s1. The Hall–Kier alpha value is -2.41. The maximum absolute atomic E-state index is 11.9. The molecule has 3 N–H and O–H groups in total. The standard InChI is InChI=1S/C16H19N3O3S/c1-16(2,3)12-9-18-15(23-12)19-14(22)17-8-10-4-6-11(7-5-10)13(20)21/h4-7,9H,8H2,1-3H3,(H,20,21)(H2,17,18,19,22). The van der Waals surface area contributed by atoms with Crippen molar-refractivity contribution in [3.8, 4) is 0 Å². The lowest BCUT2D eigenvalue weighted by Gasteiger charge is -2.14. The van der Waals surface area contributed by atoms with Gasteiger partial charge in [0, 0.05) is 17.6 Å². The fraction of sp³-hybridized carbons (Fsp3) is 0.312. The molecule has 0 saturated heterocycles. The lowest BCUT2D eigenvalue weighted by molar-refractivity contribution is 0.0697. The number of carboxylic acid groups (broad SMARTS) is 1. The van der Waals surface area contributed by atoms with Gasteiger partial charge in [-0.05, 0) is 23.1 Å². The monoisotopic (exact) mass is 333 g/mol. The zero-order valence-corrected chi connectivity index (χ0v) is 14.0. The van der Waals surface area contributed by atoms with Crippen LogP contribution in [0.15, 0.2) is 30.5 Å². The first-order valence-corrected chi connectivity index (χ1v) is 7.91. The minimum absolute atomic E-state index is 0.0000401. The predicted molar refractivity (Wildman–Crippen MR) is 90.1 cm³/mol. The molecule has 0 spiro atoms. The molecule has 2 amide bonds. The summed E-state index contributed by atoms with van der Waals surface area (Å²) in [6.45, 7) is 6.57. The summed E-state index contributed by atoms with van der Waals surface area (Å²) in [7, 11) is 0. The number of rotatable bonds is 4. The molecule has 0 aliphatic carbocycles. The van der Waals surface area contributed by atoms with Gasteiger partial charge < -0.3 is 10.4 Å². The third-order valence-corrected chi connectivity index (χ3v) is 4.46. The third kappa shape index (κ3) is 4.79. The summed E-state index contributed by atoms with van der Waals surface area (Å²) >= 11 is 1.45. The van der Waals surface area contributed by atoms with Crippen molar-refractivity contribution in [3.63, 3.8) is 0 Å². The number of hydrogen-bond acceptors (Lipinski definition) is 4. The molecule has 122 valence electrons. The van der Waals surface area contributed by atoms with Crippen LogP contribution >= 0.6 is 11.3 Å². The van der Waals surface area contributed by atoms with E-state index in [0.717, 1.165) is 10.4 Å². The molecule has 1 heterocycles. The number of benzene rings is 1. The van der Waals surface area contributed by atoms with Gasteiger partial charge in [-0.25, -0.2) is 14.6 Å². The summed E-state index contributed by atoms with van der Waals surface area (Å²) in [6.07, 6.45) is 1.77. The van der Waals surface area contributed by atoms with E-state index < -0.39 is 5.97 Å². The maximum atomic E-state index is 11.9. The Morgan fingerprint density at radius 1 is 1.22 bits per heavy atom. The number of urea groups is 1. The molecule has 6 nitrogen and oxygen atoms in total. The van der Waals surface area contributed by atoms with Crippen molar-refractivity contribution < 1.29 is 14.7 Å². The van der Waals surface area contributed by atoms with Gasteiger partial charge in [-0.15, -0.1) is 11.3 Å². The number of aromatic carboxylic acids is 1. The van der Waals surface area contributed by atoms with Gasteiger partial charge >= 0.3 is 12.0 Å². The quantitative estimate of drug-likeness (QED) is 0.799. The molecule has 7 heteroatoms. The maximum Gasteiger partial charge on any atom is 0.335 e. The Bertz CT molecular complexity index is 702. The lowest BCUT2D eigenvalue weighted by atomic mass is 9.96. The minimum Gasteiger partial charge on any atom is -0.478 e. The number of carboxylic acids is 1. The van der Waals surface area contributed by atoms with Crippen molar-refractivity contribution in [2.45, 2.75) is 32.7 Å². The van der Waals surface area contributed by atoms with Crippen LogP contribution in [0.2, 0.25) is 0 Å². The molecule has 0 atom stereocenters. The zero-order chi connectivity index (χ0) is 17.0. The number of thiazole rings is 1. The average molecular weight is 333 g/mol. The largest absolute Gasteiger partial charge is 0.478 e. The lowest BCUT2D eigenvalue weighted by Crippen LogP contribution is -2.28. The fourth-order valence-corrected chi connectivity index (χ4v) is 2.64. The van der Waals surface area contributed by atoms with Crippen LogP contribution in [0, 0.1) is 0 Å². The van der Waals surface area contributed by atoms with E-state index in [1.165, 1.54) is 23.5 Å². The number of hydrogen-bond donors (Lipinski definition) is 3. The Kier molecular flexibility index (Phi) is 5.00. The van der Waals surface area contributed by atoms with Gasteiger partial charge in [-0.3, -0.25) is 5.32 Å². The topological polar surface area (TPSA) is 91.3 Å². The first-order valence-electron chi connectivity index (χ1n) is 7.09. The van der Waals surface area contributed by atoms with Gasteiger partial charge in [0.25, 0.3) is 0 Å². The average Bonchev–Trinajstić information content (AvgIpc) is 2.94. The summed E-state index contributed by atoms with van der Waals surface area (Å²) in [5, 5.41) is 14.8. The Labute approximate surface area is 138 Å². The van der Waals surface area contributed by atoms with Crippen molar-refractivity contribution >= 4 is 28.5 Å². The molecule has 0 unspecified atom stereocenters. The van der Waals surface area contributed by atoms with Gasteiger partial charge in [-0.2, -0.15) is 0 Å². The highest BCUT2D eigenvalue weighted by atomic mass is 32.1. The highest BCUT2D eigenvalue weighted by molar-refractivity contribution is 7.15. The van der Waals surface area contributed by atoms with Crippen LogP contribution in [0.4, 0.5) is 9.93 Å². The van der Waals surface area contributed by atoms with Crippen molar-refractivity contribution in [2.75, 3.05) is 5.32 Å². The van der Waals surface area contributed by atoms with Crippen molar-refractivity contribution in [1.82, 2.24) is 10.3 Å². The number of anilines is 1. The van der Waals surface area contributed by atoms with E-state index in [1.807, 2.05) is 0 Å². The van der Waals surface area contributed by atoms with Gasteiger partial charge in [0.15, 0.2) is 5.13 Å². The smallest absolute Gasteiger partial charge is 0.335 e. The Morgan fingerprint density at radius 3 is 2.39 bits per heavy atom. The zero-order valence-electron chi connectivity index (χ0n) is 13.2. The van der Waals surface area contributed by atoms with Crippen molar-refractivity contribution in [2.24, 2.45) is 0 Å². The molecule has 1 aromatic carbocycles. The highest BCUT2D eigenvalue weighted by Crippen LogP contribution is 2.29. The Morgan fingerprint density at radius 2 is 1.87 bits per heavy atom. The molecule has 1 aromatic heterocycles. The molecule has 0 radical (unpaired) electrons. The number of nitrogens with one attached hydrogen (secondary N) is 2. The van der Waals surface area contributed by atoms with Crippen molar-refractivity contribution in [3.05, 3.63) is 46.5 Å². The van der Waals surface area contributed by atoms with Crippen LogP contribution < -0.4 is 10.6 Å². The predicted octanol–water partition coefficient (Wildman–Crippen LogP) is 3.46. The summed E-state index contributed by atoms with van der Waals surface area (Å²) in [4.78, 5) is 27.9. The van der Waals surface area contributed by atoms with E-state index in [9.17, 15) is 9.59 Å².